The molecule has 0 spiro atoms. The van der Waals surface area contributed by atoms with Gasteiger partial charge in [-0.15, -0.1) is 0 Å². The molecule has 11 rings (SSSR count). The van der Waals surface area contributed by atoms with Gasteiger partial charge in [0.25, 0.3) is 0 Å². The van der Waals surface area contributed by atoms with Crippen molar-refractivity contribution in [2.24, 2.45) is 28.5 Å². The Hall–Kier alpha value is -7.79. The lowest BCUT2D eigenvalue weighted by molar-refractivity contribution is 0.576. The number of rotatable bonds is 19. The SMILES string of the molecule is C=C(c1ccccc1)C(/C=C(\N=C(/CCCC)c1ccc2c(c1)oc1ccccc12)C(CC)CC(/C=C\CN)=C(/C)c1c(C)c(-n2c3c(c4ccccc42)C=CCC3C)cc2c1-c1ccccc1C2C(C)C1=CC=CC=CC1)CC. The number of aliphatic imine (C=N–C) groups is 1. The third-order valence-electron chi connectivity index (χ3n) is 17.9. The monoisotopic (exact) mass is 1050 g/mol. The van der Waals surface area contributed by atoms with Crippen molar-refractivity contribution >= 4 is 55.8 Å². The topological polar surface area (TPSA) is 56.4 Å². The summed E-state index contributed by atoms with van der Waals surface area (Å²) in [4.78, 5) is 5.96. The first-order valence-electron chi connectivity index (χ1n) is 29.7. The highest BCUT2D eigenvalue weighted by Crippen LogP contribution is 2.55. The van der Waals surface area contributed by atoms with E-state index >= 15 is 0 Å². The molecule has 3 aliphatic rings. The summed E-state index contributed by atoms with van der Waals surface area (Å²) in [5.41, 5.74) is 31.3. The van der Waals surface area contributed by atoms with Crippen LogP contribution in [-0.4, -0.2) is 16.8 Å². The van der Waals surface area contributed by atoms with Gasteiger partial charge in [0.05, 0.1) is 5.52 Å². The Morgan fingerprint density at radius 2 is 1.57 bits per heavy atom. The maximum Gasteiger partial charge on any atom is 0.136 e. The van der Waals surface area contributed by atoms with Gasteiger partial charge in [0.1, 0.15) is 11.2 Å². The second-order valence-electron chi connectivity index (χ2n) is 22.7. The zero-order valence-corrected chi connectivity index (χ0v) is 48.2. The van der Waals surface area contributed by atoms with Crippen LogP contribution in [0, 0.1) is 24.7 Å². The van der Waals surface area contributed by atoms with Crippen LogP contribution in [0.15, 0.2) is 215 Å². The smallest absolute Gasteiger partial charge is 0.136 e. The van der Waals surface area contributed by atoms with Crippen LogP contribution in [-0.2, 0) is 0 Å². The molecule has 5 unspecified atom stereocenters. The molecule has 0 saturated heterocycles. The summed E-state index contributed by atoms with van der Waals surface area (Å²) in [5.74, 6) is 0.916. The van der Waals surface area contributed by atoms with Crippen molar-refractivity contribution in [2.75, 3.05) is 6.54 Å². The maximum absolute atomic E-state index is 6.53. The molecule has 2 aromatic heterocycles. The van der Waals surface area contributed by atoms with Crippen LogP contribution in [0.4, 0.5) is 0 Å². The molecule has 0 aliphatic heterocycles. The number of hydrogen-bond acceptors (Lipinski definition) is 3. The minimum absolute atomic E-state index is 0.0690. The molecule has 2 heterocycles. The number of unbranched alkanes of at least 4 members (excludes halogenated alkanes) is 1. The van der Waals surface area contributed by atoms with Gasteiger partial charge < -0.3 is 14.7 Å². The van der Waals surface area contributed by atoms with E-state index in [2.05, 4.69) is 235 Å². The number of hydrogen-bond donors (Lipinski definition) is 1. The third kappa shape index (κ3) is 10.2. The molecule has 4 heteroatoms. The van der Waals surface area contributed by atoms with E-state index in [1.165, 1.54) is 83.5 Å². The van der Waals surface area contributed by atoms with Crippen molar-refractivity contribution in [1.29, 1.82) is 0 Å². The fraction of sp³-hybridized carbons (Fsp3) is 0.276. The molecule has 4 nitrogen and oxygen atoms in total. The summed E-state index contributed by atoms with van der Waals surface area (Å²) >= 11 is 0. The predicted octanol–water partition coefficient (Wildman–Crippen LogP) is 20.6. The van der Waals surface area contributed by atoms with Crippen molar-refractivity contribution in [2.45, 2.75) is 112 Å². The largest absolute Gasteiger partial charge is 0.456 e. The molecule has 3 aliphatic carbocycles. The van der Waals surface area contributed by atoms with Gasteiger partial charge in [0.15, 0.2) is 0 Å². The van der Waals surface area contributed by atoms with Gasteiger partial charge in [-0.2, -0.15) is 0 Å². The zero-order chi connectivity index (χ0) is 55.4. The summed E-state index contributed by atoms with van der Waals surface area (Å²) in [6.07, 6.45) is 30.5. The quantitative estimate of drug-likeness (QED) is 0.0648. The number of para-hydroxylation sites is 2. The second-order valence-corrected chi connectivity index (χ2v) is 22.7. The molecule has 0 bridgehead atoms. The van der Waals surface area contributed by atoms with E-state index in [0.29, 0.717) is 12.5 Å². The molecule has 404 valence electrons. The highest BCUT2D eigenvalue weighted by Gasteiger charge is 2.38. The highest BCUT2D eigenvalue weighted by atomic mass is 16.3. The van der Waals surface area contributed by atoms with Crippen molar-refractivity contribution in [1.82, 2.24) is 4.57 Å². The molecule has 0 amide bonds. The normalized spacial score (nSPS) is 17.6. The molecule has 6 aromatic carbocycles. The molecule has 2 N–H and O–H groups in total. The van der Waals surface area contributed by atoms with Crippen molar-refractivity contribution in [3.63, 3.8) is 0 Å². The van der Waals surface area contributed by atoms with Gasteiger partial charge in [-0.05, 0) is 156 Å². The van der Waals surface area contributed by atoms with Crippen molar-refractivity contribution < 1.29 is 4.42 Å². The van der Waals surface area contributed by atoms with E-state index in [4.69, 9.17) is 21.7 Å². The summed E-state index contributed by atoms with van der Waals surface area (Å²) in [5, 5.41) is 3.57. The van der Waals surface area contributed by atoms with Gasteiger partial charge in [-0.25, -0.2) is 0 Å². The minimum Gasteiger partial charge on any atom is -0.456 e. The molecular formula is C76H79N3O. The van der Waals surface area contributed by atoms with E-state index in [1.807, 2.05) is 6.07 Å². The summed E-state index contributed by atoms with van der Waals surface area (Å²) in [6, 6.07) is 46.8. The van der Waals surface area contributed by atoms with Crippen LogP contribution in [0.3, 0.4) is 0 Å². The Balaban J connectivity index is 1.14. The highest BCUT2D eigenvalue weighted by molar-refractivity contribution is 6.09. The Morgan fingerprint density at radius 1 is 0.812 bits per heavy atom. The van der Waals surface area contributed by atoms with E-state index in [-0.39, 0.29) is 23.7 Å². The number of nitrogens with two attached hydrogens (primary N) is 1. The summed E-state index contributed by atoms with van der Waals surface area (Å²) in [7, 11) is 0. The van der Waals surface area contributed by atoms with Gasteiger partial charge in [0, 0.05) is 74.7 Å². The van der Waals surface area contributed by atoms with Crippen LogP contribution >= 0.6 is 0 Å². The molecular weight excluding hydrogens is 971 g/mol. The van der Waals surface area contributed by atoms with E-state index in [1.54, 1.807) is 0 Å². The molecule has 5 atom stereocenters. The Kier molecular flexibility index (Phi) is 16.2. The van der Waals surface area contributed by atoms with E-state index in [0.717, 1.165) is 95.9 Å². The van der Waals surface area contributed by atoms with Crippen molar-refractivity contribution in [3.8, 4) is 16.8 Å². The average molecular weight is 1050 g/mol. The molecule has 0 radical (unpaired) electrons. The fourth-order valence-corrected chi connectivity index (χ4v) is 13.5. The van der Waals surface area contributed by atoms with E-state index in [9.17, 15) is 0 Å². The van der Waals surface area contributed by atoms with Crippen LogP contribution in [0.5, 0.6) is 0 Å². The molecule has 0 fully saturated rings. The first-order valence-corrected chi connectivity index (χ1v) is 29.7. The van der Waals surface area contributed by atoms with Crippen LogP contribution in [0.1, 0.15) is 149 Å². The first kappa shape index (κ1) is 54.2. The number of nitrogens with zero attached hydrogens (tertiary/aromatic N) is 2. The Morgan fingerprint density at radius 3 is 2.38 bits per heavy atom. The van der Waals surface area contributed by atoms with Crippen LogP contribution in [0.25, 0.3) is 66.9 Å². The number of benzene rings is 6. The summed E-state index contributed by atoms with van der Waals surface area (Å²) in [6.45, 7) is 21.8. The first-order chi connectivity index (χ1) is 39.1. The fourth-order valence-electron chi connectivity index (χ4n) is 13.5. The number of aromatic nitrogens is 1. The van der Waals surface area contributed by atoms with Crippen LogP contribution < -0.4 is 5.73 Å². The Labute approximate surface area is 475 Å². The molecule has 80 heavy (non-hydrogen) atoms. The predicted molar refractivity (Wildman–Crippen MR) is 344 cm³/mol. The molecule has 8 aromatic rings. The van der Waals surface area contributed by atoms with Crippen LogP contribution in [0.2, 0.25) is 0 Å². The number of fused-ring (bicyclic) bond motifs is 9. The number of allylic oxidation sites excluding steroid dienone is 13. The lowest BCUT2D eigenvalue weighted by atomic mass is 9.78. The lowest BCUT2D eigenvalue weighted by Gasteiger charge is -2.28. The van der Waals surface area contributed by atoms with Gasteiger partial charge in [0.2, 0.25) is 0 Å². The number of furan rings is 1. The van der Waals surface area contributed by atoms with Gasteiger partial charge in [-0.1, -0.05) is 211 Å². The Bertz CT molecular complexity index is 3890. The van der Waals surface area contributed by atoms with E-state index < -0.39 is 0 Å². The minimum atomic E-state index is 0.0690. The third-order valence-corrected chi connectivity index (χ3v) is 17.9. The standard InChI is InChI=1S/C76H79N3O/c1-9-12-39-67(59-42-43-62-61-35-23-25-41-71(61)80-72(62)47-59)78-68(46-54(10-2)50(5)56-29-18-15-19-30-56)55(11-3)45-58(33-27-44-77)52(7)73-53(8)70(79-69-40-24-22-34-60(69)65-38-26-28-49(4)76(65)79)48-66-74(51(6)57-31-16-13-14-17-32-57)63-36-20-21-37-64(63)75(66)73/h13-27,29-31,33-38,40-43,46-49,51,54-55,74H,5,9-12,28,32,39,44-45,77H2,1-4,6-8H3/b33-27-,58-52-,68-46-,78-67+. The maximum atomic E-state index is 6.53. The summed E-state index contributed by atoms with van der Waals surface area (Å²) < 4.78 is 9.18. The average Bonchev–Trinajstić information content (AvgIpc) is 4.27. The zero-order valence-electron chi connectivity index (χ0n) is 48.2. The second kappa shape index (κ2) is 23.9. The van der Waals surface area contributed by atoms with Gasteiger partial charge >= 0.3 is 0 Å². The van der Waals surface area contributed by atoms with Gasteiger partial charge in [-0.3, -0.25) is 4.99 Å². The lowest BCUT2D eigenvalue weighted by Crippen LogP contribution is -2.14. The van der Waals surface area contributed by atoms with Crippen molar-refractivity contribution in [3.05, 3.63) is 250 Å². The molecule has 0 saturated carbocycles.